The molecule has 8 aromatic rings. The molecule has 0 spiro atoms. The van der Waals surface area contributed by atoms with Crippen LogP contribution >= 0.6 is 0 Å². The maximum Gasteiger partial charge on any atom is 0.100 e. The Morgan fingerprint density at radius 3 is 1.41 bits per heavy atom. The fourth-order valence-electron chi connectivity index (χ4n) is 5.87. The zero-order valence-electron chi connectivity index (χ0n) is 20.9. The molecule has 0 aliphatic heterocycles. The summed E-state index contributed by atoms with van der Waals surface area (Å²) in [6.07, 6.45) is 11.1. The topological polar surface area (TPSA) is 61.4 Å². The van der Waals surface area contributed by atoms with Crippen LogP contribution in [0.1, 0.15) is 0 Å². The highest BCUT2D eigenvalue weighted by atomic mass is 15.2. The number of pyridine rings is 4. The van der Waals surface area contributed by atoms with Crippen molar-refractivity contribution in [2.24, 2.45) is 0 Å². The summed E-state index contributed by atoms with van der Waals surface area (Å²) >= 11 is 0. The second-order valence-electron chi connectivity index (χ2n) is 9.63. The molecule has 0 saturated carbocycles. The predicted octanol–water partition coefficient (Wildman–Crippen LogP) is 7.32. The largest absolute Gasteiger partial charge is 0.320 e. The van der Waals surface area contributed by atoms with Gasteiger partial charge < -0.3 is 9.13 Å². The van der Waals surface area contributed by atoms with Gasteiger partial charge in [-0.1, -0.05) is 36.4 Å². The maximum atomic E-state index is 4.86. The first-order chi connectivity index (χ1) is 19.4. The smallest absolute Gasteiger partial charge is 0.100 e. The van der Waals surface area contributed by atoms with E-state index in [1.54, 1.807) is 12.4 Å². The number of hydrogen-bond donors (Lipinski definition) is 0. The number of fused-ring (bicyclic) bond motifs is 6. The monoisotopic (exact) mass is 502 g/mol. The van der Waals surface area contributed by atoms with Gasteiger partial charge in [0.1, 0.15) is 6.67 Å². The van der Waals surface area contributed by atoms with E-state index in [9.17, 15) is 0 Å². The third-order valence-electron chi connectivity index (χ3n) is 7.51. The zero-order chi connectivity index (χ0) is 25.8. The minimum Gasteiger partial charge on any atom is -0.320 e. The summed E-state index contributed by atoms with van der Waals surface area (Å²) in [6.45, 7) is 0.589. The van der Waals surface area contributed by atoms with Gasteiger partial charge in [-0.15, -0.1) is 0 Å². The summed E-state index contributed by atoms with van der Waals surface area (Å²) < 4.78 is 4.76. The molecule has 6 heteroatoms. The molecule has 8 rings (SSSR count). The van der Waals surface area contributed by atoms with Crippen LogP contribution in [0.15, 0.2) is 122 Å². The van der Waals surface area contributed by atoms with Gasteiger partial charge in [0, 0.05) is 69.9 Å². The van der Waals surface area contributed by atoms with Crippen LogP contribution in [0.5, 0.6) is 0 Å². The summed E-state index contributed by atoms with van der Waals surface area (Å²) in [5, 5.41) is 4.74. The first-order valence-electron chi connectivity index (χ1n) is 12.9. The predicted molar refractivity (Wildman–Crippen MR) is 156 cm³/mol. The lowest BCUT2D eigenvalue weighted by atomic mass is 10.1. The van der Waals surface area contributed by atoms with Crippen molar-refractivity contribution in [2.75, 3.05) is 0 Å². The van der Waals surface area contributed by atoms with Gasteiger partial charge in [0.05, 0.1) is 33.5 Å². The van der Waals surface area contributed by atoms with Crippen molar-refractivity contribution in [1.29, 1.82) is 0 Å². The van der Waals surface area contributed by atoms with E-state index in [-0.39, 0.29) is 0 Å². The lowest BCUT2D eigenvalue weighted by molar-refractivity contribution is 0.682. The van der Waals surface area contributed by atoms with Gasteiger partial charge in [-0.25, -0.2) is 0 Å². The van der Waals surface area contributed by atoms with E-state index in [4.69, 9.17) is 9.97 Å². The molecule has 39 heavy (non-hydrogen) atoms. The van der Waals surface area contributed by atoms with Crippen LogP contribution in [-0.2, 0) is 6.67 Å². The summed E-state index contributed by atoms with van der Waals surface area (Å²) in [4.78, 5) is 18.5. The lowest BCUT2D eigenvalue weighted by Crippen LogP contribution is -2.09. The summed E-state index contributed by atoms with van der Waals surface area (Å²) in [6, 6.07) is 29.4. The molecule has 0 N–H and O–H groups in total. The molecular weight excluding hydrogens is 480 g/mol. The Hall–Kier alpha value is -5.36. The van der Waals surface area contributed by atoms with Crippen molar-refractivity contribution < 1.29 is 0 Å². The summed E-state index contributed by atoms with van der Waals surface area (Å²) in [7, 11) is 0. The molecule has 0 amide bonds. The van der Waals surface area contributed by atoms with Gasteiger partial charge in [0.25, 0.3) is 0 Å². The molecule has 0 bridgehead atoms. The molecule has 0 atom stereocenters. The second-order valence-corrected chi connectivity index (χ2v) is 9.63. The highest BCUT2D eigenvalue weighted by Crippen LogP contribution is 2.38. The van der Waals surface area contributed by atoms with Crippen LogP contribution in [0.3, 0.4) is 0 Å². The van der Waals surface area contributed by atoms with Crippen LogP contribution in [-0.4, -0.2) is 29.1 Å². The molecule has 6 aromatic heterocycles. The van der Waals surface area contributed by atoms with Gasteiger partial charge in [-0.2, -0.15) is 0 Å². The fraction of sp³-hybridized carbons (Fsp3) is 0.0303. The molecule has 2 aromatic carbocycles. The summed E-state index contributed by atoms with van der Waals surface area (Å²) in [5.74, 6) is 0. The first kappa shape index (κ1) is 21.7. The number of nitrogens with zero attached hydrogens (tertiary/aromatic N) is 6. The molecule has 0 radical (unpaired) electrons. The standard InChI is InChI=1S/C33H22N6/c1-3-11-28-24(9-1)26-13-17-36-30(22-7-5-15-34-19-22)32(26)38(28)21-39-29-12-4-2-10-25(29)27-14-18-37-31(33(27)39)23-8-6-16-35-20-23/h1-20H,21H2. The van der Waals surface area contributed by atoms with Crippen molar-refractivity contribution in [3.8, 4) is 22.5 Å². The van der Waals surface area contributed by atoms with Crippen LogP contribution in [0, 0.1) is 0 Å². The average Bonchev–Trinajstić information content (AvgIpc) is 3.51. The van der Waals surface area contributed by atoms with E-state index in [1.165, 1.54) is 21.5 Å². The molecule has 0 saturated heterocycles. The Kier molecular flexibility index (Phi) is 4.79. The SMILES string of the molecule is c1cncc(-c2nccc3c4ccccc4n(Cn4c5ccccc5c5ccnc(-c6cccnc6)c54)c23)c1. The third kappa shape index (κ3) is 3.28. The highest BCUT2D eigenvalue weighted by Gasteiger charge is 2.20. The first-order valence-corrected chi connectivity index (χ1v) is 12.9. The minimum atomic E-state index is 0.589. The van der Waals surface area contributed by atoms with Crippen LogP contribution in [0.4, 0.5) is 0 Å². The number of hydrogen-bond acceptors (Lipinski definition) is 4. The van der Waals surface area contributed by atoms with Crippen molar-refractivity contribution in [2.45, 2.75) is 6.67 Å². The highest BCUT2D eigenvalue weighted by molar-refractivity contribution is 6.13. The van der Waals surface area contributed by atoms with E-state index >= 15 is 0 Å². The van der Waals surface area contributed by atoms with Gasteiger partial charge >= 0.3 is 0 Å². The Morgan fingerprint density at radius 2 is 0.949 bits per heavy atom. The van der Waals surface area contributed by atoms with E-state index in [0.717, 1.165) is 44.6 Å². The molecule has 0 aliphatic carbocycles. The molecule has 0 fully saturated rings. The van der Waals surface area contributed by atoms with E-state index in [2.05, 4.69) is 91.9 Å². The van der Waals surface area contributed by atoms with Crippen LogP contribution in [0.2, 0.25) is 0 Å². The Labute approximate surface area is 223 Å². The van der Waals surface area contributed by atoms with E-state index < -0.39 is 0 Å². The number of aromatic nitrogens is 6. The third-order valence-corrected chi connectivity index (χ3v) is 7.51. The van der Waals surface area contributed by atoms with Gasteiger partial charge in [-0.05, 0) is 48.5 Å². The molecular formula is C33H22N6. The lowest BCUT2D eigenvalue weighted by Gasteiger charge is -2.15. The molecule has 6 nitrogen and oxygen atoms in total. The van der Waals surface area contributed by atoms with Gasteiger partial charge in [0.15, 0.2) is 0 Å². The zero-order valence-corrected chi connectivity index (χ0v) is 20.9. The van der Waals surface area contributed by atoms with Crippen molar-refractivity contribution >= 4 is 43.6 Å². The molecule has 0 aliphatic rings. The van der Waals surface area contributed by atoms with Gasteiger partial charge in [-0.3, -0.25) is 19.9 Å². The van der Waals surface area contributed by atoms with Crippen LogP contribution in [0.25, 0.3) is 66.1 Å². The molecule has 6 heterocycles. The van der Waals surface area contributed by atoms with Gasteiger partial charge in [0.2, 0.25) is 0 Å². The number of rotatable bonds is 4. The normalized spacial score (nSPS) is 11.7. The Morgan fingerprint density at radius 1 is 0.462 bits per heavy atom. The van der Waals surface area contributed by atoms with Crippen molar-refractivity contribution in [1.82, 2.24) is 29.1 Å². The fourth-order valence-corrected chi connectivity index (χ4v) is 5.87. The van der Waals surface area contributed by atoms with Crippen LogP contribution < -0.4 is 0 Å². The average molecular weight is 503 g/mol. The maximum absolute atomic E-state index is 4.86. The molecule has 184 valence electrons. The molecule has 0 unspecified atom stereocenters. The second kappa shape index (κ2) is 8.60. The van der Waals surface area contributed by atoms with Crippen molar-refractivity contribution in [3.63, 3.8) is 0 Å². The number of benzene rings is 2. The summed E-state index contributed by atoms with van der Waals surface area (Å²) in [5.41, 5.74) is 8.31. The minimum absolute atomic E-state index is 0.589. The van der Waals surface area contributed by atoms with E-state index in [0.29, 0.717) is 6.67 Å². The van der Waals surface area contributed by atoms with E-state index in [1.807, 2.05) is 36.9 Å². The van der Waals surface area contributed by atoms with Crippen molar-refractivity contribution in [3.05, 3.63) is 122 Å². The Balaban J connectivity index is 1.48. The Bertz CT molecular complexity index is 1990. The quantitative estimate of drug-likeness (QED) is 0.253. The number of para-hydroxylation sites is 2.